The van der Waals surface area contributed by atoms with Crippen LogP contribution < -0.4 is 5.32 Å². The number of hydrogen-bond acceptors (Lipinski definition) is 3. The Balaban J connectivity index is 1.71. The molecule has 1 heterocycles. The fourth-order valence-electron chi connectivity index (χ4n) is 2.23. The van der Waals surface area contributed by atoms with Gasteiger partial charge in [-0.2, -0.15) is 0 Å². The highest BCUT2D eigenvalue weighted by atomic mass is 16.5. The van der Waals surface area contributed by atoms with Gasteiger partial charge in [-0.15, -0.1) is 0 Å². The number of ether oxygens (including phenoxy) is 1. The molecule has 1 aliphatic rings. The van der Waals surface area contributed by atoms with Crippen molar-refractivity contribution in [2.24, 2.45) is 0 Å². The van der Waals surface area contributed by atoms with Crippen LogP contribution in [-0.2, 0) is 4.74 Å². The van der Waals surface area contributed by atoms with Gasteiger partial charge in [-0.25, -0.2) is 0 Å². The van der Waals surface area contributed by atoms with Crippen LogP contribution in [0.5, 0.6) is 0 Å². The van der Waals surface area contributed by atoms with Gasteiger partial charge in [0.25, 0.3) is 0 Å². The first-order valence-corrected chi connectivity index (χ1v) is 6.85. The van der Waals surface area contributed by atoms with Crippen LogP contribution in [0.1, 0.15) is 38.5 Å². The quantitative estimate of drug-likeness (QED) is 0.578. The molecule has 0 bridgehead atoms. The van der Waals surface area contributed by atoms with Gasteiger partial charge < -0.3 is 15.0 Å². The minimum absolute atomic E-state index is 0.912. The van der Waals surface area contributed by atoms with Crippen molar-refractivity contribution in [3.8, 4) is 0 Å². The summed E-state index contributed by atoms with van der Waals surface area (Å²) in [6.45, 7) is 7.21. The van der Waals surface area contributed by atoms with Crippen molar-refractivity contribution in [3.63, 3.8) is 0 Å². The Morgan fingerprint density at radius 3 is 2.50 bits per heavy atom. The van der Waals surface area contributed by atoms with Gasteiger partial charge in [0.1, 0.15) is 0 Å². The number of unbranched alkanes of at least 4 members (excludes halogenated alkanes) is 2. The second-order valence-corrected chi connectivity index (χ2v) is 4.71. The summed E-state index contributed by atoms with van der Waals surface area (Å²) in [6, 6.07) is 0. The fraction of sp³-hybridized carbons (Fsp3) is 1.00. The van der Waals surface area contributed by atoms with E-state index in [-0.39, 0.29) is 0 Å². The molecule has 1 rings (SSSR count). The van der Waals surface area contributed by atoms with Crippen LogP contribution in [0, 0.1) is 0 Å². The zero-order valence-corrected chi connectivity index (χ0v) is 10.8. The highest BCUT2D eigenvalue weighted by molar-refractivity contribution is 4.66. The smallest absolute Gasteiger partial charge is 0.0462 e. The minimum atomic E-state index is 0.912. The van der Waals surface area contributed by atoms with Crippen LogP contribution in [-0.4, -0.2) is 51.3 Å². The molecule has 96 valence electrons. The number of methoxy groups -OCH3 is 1. The highest BCUT2D eigenvalue weighted by Crippen LogP contribution is 2.06. The molecule has 3 nitrogen and oxygen atoms in total. The van der Waals surface area contributed by atoms with E-state index in [0.717, 1.165) is 6.61 Å². The average molecular weight is 228 g/mol. The lowest BCUT2D eigenvalue weighted by Crippen LogP contribution is -2.25. The average Bonchev–Trinajstić information content (AvgIpc) is 2.80. The van der Waals surface area contributed by atoms with Crippen LogP contribution in [0.4, 0.5) is 0 Å². The third-order valence-corrected chi connectivity index (χ3v) is 3.23. The van der Waals surface area contributed by atoms with E-state index < -0.39 is 0 Å². The molecule has 0 aromatic heterocycles. The lowest BCUT2D eigenvalue weighted by molar-refractivity contribution is 0.192. The summed E-state index contributed by atoms with van der Waals surface area (Å²) < 4.78 is 5.02. The van der Waals surface area contributed by atoms with Crippen molar-refractivity contribution in [2.45, 2.75) is 38.5 Å². The molecule has 16 heavy (non-hydrogen) atoms. The van der Waals surface area contributed by atoms with Crippen molar-refractivity contribution in [1.82, 2.24) is 10.2 Å². The summed E-state index contributed by atoms with van der Waals surface area (Å²) in [5.74, 6) is 0. The van der Waals surface area contributed by atoms with Gasteiger partial charge in [0.05, 0.1) is 0 Å². The Kier molecular flexibility index (Phi) is 8.77. The first-order chi connectivity index (χ1) is 7.93. The fourth-order valence-corrected chi connectivity index (χ4v) is 2.23. The molecule has 0 aliphatic carbocycles. The van der Waals surface area contributed by atoms with E-state index in [4.69, 9.17) is 4.74 Å². The van der Waals surface area contributed by atoms with Crippen molar-refractivity contribution in [1.29, 1.82) is 0 Å². The first kappa shape index (κ1) is 13.9. The number of rotatable bonds is 10. The van der Waals surface area contributed by atoms with Gasteiger partial charge in [0, 0.05) is 13.7 Å². The number of nitrogens with zero attached hydrogens (tertiary/aromatic N) is 1. The van der Waals surface area contributed by atoms with Crippen molar-refractivity contribution >= 4 is 0 Å². The van der Waals surface area contributed by atoms with Crippen LogP contribution in [0.15, 0.2) is 0 Å². The Labute approximate surface area is 101 Å². The second kappa shape index (κ2) is 10.1. The predicted octanol–water partition coefficient (Wildman–Crippen LogP) is 1.88. The van der Waals surface area contributed by atoms with E-state index in [2.05, 4.69) is 10.2 Å². The second-order valence-electron chi connectivity index (χ2n) is 4.71. The maximum Gasteiger partial charge on any atom is 0.0462 e. The zero-order chi connectivity index (χ0) is 11.5. The highest BCUT2D eigenvalue weighted by Gasteiger charge is 2.09. The van der Waals surface area contributed by atoms with E-state index >= 15 is 0 Å². The Morgan fingerprint density at radius 1 is 1.00 bits per heavy atom. The summed E-state index contributed by atoms with van der Waals surface area (Å²) in [7, 11) is 1.77. The van der Waals surface area contributed by atoms with Crippen LogP contribution in [0.3, 0.4) is 0 Å². The van der Waals surface area contributed by atoms with Gasteiger partial charge in [-0.1, -0.05) is 0 Å². The standard InChI is InChI=1S/C13H28N2O/c1-16-13-6-2-3-8-14-9-7-12-15-10-4-5-11-15/h14H,2-13H2,1H3. The Hall–Kier alpha value is -0.120. The monoisotopic (exact) mass is 228 g/mol. The molecule has 3 heteroatoms. The van der Waals surface area contributed by atoms with Crippen molar-refractivity contribution in [2.75, 3.05) is 46.4 Å². The molecule has 1 N–H and O–H groups in total. The molecular weight excluding hydrogens is 200 g/mol. The molecule has 0 saturated carbocycles. The summed E-state index contributed by atoms with van der Waals surface area (Å²) >= 11 is 0. The van der Waals surface area contributed by atoms with Crippen LogP contribution in [0.25, 0.3) is 0 Å². The van der Waals surface area contributed by atoms with E-state index in [0.29, 0.717) is 0 Å². The van der Waals surface area contributed by atoms with E-state index in [1.54, 1.807) is 7.11 Å². The molecule has 1 aliphatic heterocycles. The zero-order valence-electron chi connectivity index (χ0n) is 10.8. The summed E-state index contributed by atoms with van der Waals surface area (Å²) in [5, 5.41) is 3.52. The first-order valence-electron chi connectivity index (χ1n) is 6.85. The van der Waals surface area contributed by atoms with Crippen molar-refractivity contribution in [3.05, 3.63) is 0 Å². The molecule has 0 atom stereocenters. The third kappa shape index (κ3) is 7.20. The van der Waals surface area contributed by atoms with Gasteiger partial charge in [0.2, 0.25) is 0 Å². The van der Waals surface area contributed by atoms with Gasteiger partial charge in [-0.3, -0.25) is 0 Å². The molecule has 1 fully saturated rings. The Bertz CT molecular complexity index is 147. The van der Waals surface area contributed by atoms with Gasteiger partial charge >= 0.3 is 0 Å². The molecule has 0 radical (unpaired) electrons. The number of hydrogen-bond donors (Lipinski definition) is 1. The molecule has 0 unspecified atom stereocenters. The number of nitrogens with one attached hydrogen (secondary N) is 1. The molecule has 0 aromatic carbocycles. The van der Waals surface area contributed by atoms with E-state index in [1.807, 2.05) is 0 Å². The van der Waals surface area contributed by atoms with Crippen LogP contribution >= 0.6 is 0 Å². The van der Waals surface area contributed by atoms with Crippen molar-refractivity contribution < 1.29 is 4.74 Å². The van der Waals surface area contributed by atoms with E-state index in [1.165, 1.54) is 71.2 Å². The molecule has 1 saturated heterocycles. The molecule has 0 aromatic rings. The largest absolute Gasteiger partial charge is 0.385 e. The normalized spacial score (nSPS) is 17.1. The number of likely N-dealkylation sites (tertiary alicyclic amines) is 1. The maximum absolute atomic E-state index is 5.02. The van der Waals surface area contributed by atoms with Crippen LogP contribution in [0.2, 0.25) is 0 Å². The predicted molar refractivity (Wildman–Crippen MR) is 68.9 cm³/mol. The SMILES string of the molecule is COCCCCCNCCCN1CCCC1. The summed E-state index contributed by atoms with van der Waals surface area (Å²) in [4.78, 5) is 2.58. The van der Waals surface area contributed by atoms with Gasteiger partial charge in [-0.05, 0) is 71.2 Å². The third-order valence-electron chi connectivity index (χ3n) is 3.23. The van der Waals surface area contributed by atoms with Gasteiger partial charge in [0.15, 0.2) is 0 Å². The summed E-state index contributed by atoms with van der Waals surface area (Å²) in [6.07, 6.45) is 7.89. The minimum Gasteiger partial charge on any atom is -0.385 e. The molecular formula is C13H28N2O. The lowest BCUT2D eigenvalue weighted by Gasteiger charge is -2.14. The Morgan fingerprint density at radius 2 is 1.75 bits per heavy atom. The summed E-state index contributed by atoms with van der Waals surface area (Å²) in [5.41, 5.74) is 0. The molecule has 0 amide bonds. The topological polar surface area (TPSA) is 24.5 Å². The lowest BCUT2D eigenvalue weighted by atomic mass is 10.2. The molecule has 0 spiro atoms. The van der Waals surface area contributed by atoms with E-state index in [9.17, 15) is 0 Å². The maximum atomic E-state index is 5.02.